The van der Waals surface area contributed by atoms with Crippen molar-refractivity contribution >= 4 is 37.7 Å². The first kappa shape index (κ1) is 13.6. The number of halogens is 1. The van der Waals surface area contributed by atoms with Crippen LogP contribution < -0.4 is 0 Å². The van der Waals surface area contributed by atoms with Crippen molar-refractivity contribution in [1.82, 2.24) is 4.98 Å². The Kier molecular flexibility index (Phi) is 3.08. The van der Waals surface area contributed by atoms with Crippen LogP contribution in [0.15, 0.2) is 59.1 Å². The fraction of sp³-hybridized carbons (Fsp3) is 0.100. The lowest BCUT2D eigenvalue weighted by molar-refractivity contribution is 1.39. The number of rotatable bonds is 1. The first-order chi connectivity index (χ1) is 10.7. The Morgan fingerprint density at radius 1 is 0.864 bits per heavy atom. The summed E-state index contributed by atoms with van der Waals surface area (Å²) in [6.45, 7) is 4.35. The molecule has 1 nitrogen and oxygen atoms in total. The van der Waals surface area contributed by atoms with Gasteiger partial charge in [0.15, 0.2) is 0 Å². The zero-order chi connectivity index (χ0) is 15.3. The summed E-state index contributed by atoms with van der Waals surface area (Å²) in [4.78, 5) is 3.62. The van der Waals surface area contributed by atoms with Gasteiger partial charge in [0, 0.05) is 26.3 Å². The highest BCUT2D eigenvalue weighted by Crippen LogP contribution is 2.40. The van der Waals surface area contributed by atoms with Gasteiger partial charge in [0.2, 0.25) is 0 Å². The quantitative estimate of drug-likeness (QED) is 0.411. The summed E-state index contributed by atoms with van der Waals surface area (Å²) in [6, 6.07) is 19.3. The number of aromatic nitrogens is 1. The molecule has 0 aliphatic rings. The molecular weight excluding hydrogens is 334 g/mol. The molecule has 1 aromatic heterocycles. The second-order valence-electron chi connectivity index (χ2n) is 5.77. The van der Waals surface area contributed by atoms with Crippen molar-refractivity contribution in [3.8, 4) is 11.1 Å². The van der Waals surface area contributed by atoms with E-state index in [9.17, 15) is 0 Å². The van der Waals surface area contributed by atoms with Gasteiger partial charge >= 0.3 is 0 Å². The lowest BCUT2D eigenvalue weighted by Gasteiger charge is -2.12. The molecule has 0 aliphatic heterocycles. The van der Waals surface area contributed by atoms with Gasteiger partial charge in [-0.25, -0.2) is 0 Å². The van der Waals surface area contributed by atoms with Crippen molar-refractivity contribution in [2.24, 2.45) is 0 Å². The van der Waals surface area contributed by atoms with Crippen molar-refractivity contribution in [2.75, 3.05) is 0 Å². The number of hydrogen-bond acceptors (Lipinski definition) is 0. The van der Waals surface area contributed by atoms with Gasteiger partial charge < -0.3 is 4.98 Å². The maximum absolute atomic E-state index is 3.75. The van der Waals surface area contributed by atoms with Gasteiger partial charge in [0.05, 0.1) is 5.52 Å². The summed E-state index contributed by atoms with van der Waals surface area (Å²) < 4.78 is 1.16. The smallest absolute Gasteiger partial charge is 0.0548 e. The molecule has 0 bridgehead atoms. The molecule has 0 spiro atoms. The molecule has 0 aliphatic carbocycles. The third kappa shape index (κ3) is 1.91. The lowest BCUT2D eigenvalue weighted by Crippen LogP contribution is -1.90. The van der Waals surface area contributed by atoms with E-state index >= 15 is 0 Å². The van der Waals surface area contributed by atoms with Gasteiger partial charge in [-0.2, -0.15) is 0 Å². The molecule has 0 saturated carbocycles. The first-order valence-electron chi connectivity index (χ1n) is 7.42. The SMILES string of the molecule is Cc1ccccc1-c1c(C)c(Br)cc2c1[nH]c1ccccc12. The minimum atomic E-state index is 1.16. The fourth-order valence-corrected chi connectivity index (χ4v) is 3.67. The average molecular weight is 350 g/mol. The van der Waals surface area contributed by atoms with E-state index in [1.54, 1.807) is 0 Å². The van der Waals surface area contributed by atoms with Crippen LogP contribution in [0.25, 0.3) is 32.9 Å². The Labute approximate surface area is 138 Å². The third-order valence-corrected chi connectivity index (χ3v) is 5.24. The molecule has 4 rings (SSSR count). The van der Waals surface area contributed by atoms with E-state index in [1.807, 2.05) is 0 Å². The van der Waals surface area contributed by atoms with E-state index in [4.69, 9.17) is 0 Å². The topological polar surface area (TPSA) is 15.8 Å². The molecule has 108 valence electrons. The van der Waals surface area contributed by atoms with E-state index in [2.05, 4.69) is 89.4 Å². The number of nitrogens with one attached hydrogen (secondary N) is 1. The standard InChI is InChI=1S/C20H16BrN/c1-12-7-3-4-8-14(12)19-13(2)17(21)11-16-15-9-5-6-10-18(15)22-20(16)19/h3-11,22H,1-2H3. The Hall–Kier alpha value is -2.06. The molecule has 0 amide bonds. The molecule has 0 saturated heterocycles. The highest BCUT2D eigenvalue weighted by molar-refractivity contribution is 9.10. The van der Waals surface area contributed by atoms with Gasteiger partial charge in [0.25, 0.3) is 0 Å². The summed E-state index contributed by atoms with van der Waals surface area (Å²) >= 11 is 3.75. The average Bonchev–Trinajstić information content (AvgIpc) is 2.88. The number of H-pyrrole nitrogens is 1. The van der Waals surface area contributed by atoms with Gasteiger partial charge in [-0.3, -0.25) is 0 Å². The first-order valence-corrected chi connectivity index (χ1v) is 8.21. The van der Waals surface area contributed by atoms with E-state index < -0.39 is 0 Å². The third-order valence-electron chi connectivity index (χ3n) is 4.41. The normalized spacial score (nSPS) is 11.4. The number of aryl methyl sites for hydroxylation is 1. The van der Waals surface area contributed by atoms with E-state index in [0.29, 0.717) is 0 Å². The molecule has 1 heterocycles. The molecule has 0 unspecified atom stereocenters. The van der Waals surface area contributed by atoms with Crippen LogP contribution in [0.2, 0.25) is 0 Å². The number of hydrogen-bond donors (Lipinski definition) is 1. The molecule has 0 radical (unpaired) electrons. The highest BCUT2D eigenvalue weighted by Gasteiger charge is 2.15. The second kappa shape index (κ2) is 4.99. The van der Waals surface area contributed by atoms with Crippen LogP contribution in [0.3, 0.4) is 0 Å². The fourth-order valence-electron chi connectivity index (χ4n) is 3.24. The number of aromatic amines is 1. The zero-order valence-electron chi connectivity index (χ0n) is 12.6. The van der Waals surface area contributed by atoms with E-state index in [-0.39, 0.29) is 0 Å². The largest absolute Gasteiger partial charge is 0.354 e. The van der Waals surface area contributed by atoms with Crippen LogP contribution >= 0.6 is 15.9 Å². The minimum Gasteiger partial charge on any atom is -0.354 e. The predicted octanol–water partition coefficient (Wildman–Crippen LogP) is 6.37. The van der Waals surface area contributed by atoms with Crippen molar-refractivity contribution < 1.29 is 0 Å². The molecule has 0 fully saturated rings. The molecular formula is C20H16BrN. The van der Waals surface area contributed by atoms with Gasteiger partial charge in [-0.1, -0.05) is 58.4 Å². The van der Waals surface area contributed by atoms with Crippen molar-refractivity contribution in [3.63, 3.8) is 0 Å². The van der Waals surface area contributed by atoms with Crippen LogP contribution in [0.5, 0.6) is 0 Å². The maximum atomic E-state index is 3.75. The Balaban J connectivity index is 2.22. The Bertz CT molecular complexity index is 1010. The molecule has 2 heteroatoms. The highest BCUT2D eigenvalue weighted by atomic mass is 79.9. The van der Waals surface area contributed by atoms with Crippen LogP contribution in [0, 0.1) is 13.8 Å². The van der Waals surface area contributed by atoms with Gasteiger partial charge in [-0.05, 0) is 42.7 Å². The Morgan fingerprint density at radius 3 is 2.41 bits per heavy atom. The second-order valence-corrected chi connectivity index (χ2v) is 6.62. The number of fused-ring (bicyclic) bond motifs is 3. The summed E-state index contributed by atoms with van der Waals surface area (Å²) in [5.74, 6) is 0. The zero-order valence-corrected chi connectivity index (χ0v) is 14.2. The molecule has 4 aromatic rings. The van der Waals surface area contributed by atoms with Crippen molar-refractivity contribution in [3.05, 3.63) is 70.2 Å². The minimum absolute atomic E-state index is 1.16. The van der Waals surface area contributed by atoms with Crippen molar-refractivity contribution in [1.29, 1.82) is 0 Å². The molecule has 0 atom stereocenters. The predicted molar refractivity (Wildman–Crippen MR) is 98.4 cm³/mol. The summed E-state index contributed by atoms with van der Waals surface area (Å²) in [5.41, 5.74) is 7.55. The number of benzene rings is 3. The molecule has 22 heavy (non-hydrogen) atoms. The summed E-state index contributed by atoms with van der Waals surface area (Å²) in [6.07, 6.45) is 0. The summed E-state index contributed by atoms with van der Waals surface area (Å²) in [5, 5.41) is 2.54. The van der Waals surface area contributed by atoms with Crippen LogP contribution in [0.4, 0.5) is 0 Å². The lowest BCUT2D eigenvalue weighted by atomic mass is 9.94. The monoisotopic (exact) mass is 349 g/mol. The van der Waals surface area contributed by atoms with Crippen LogP contribution in [-0.2, 0) is 0 Å². The van der Waals surface area contributed by atoms with E-state index in [0.717, 1.165) is 4.47 Å². The van der Waals surface area contributed by atoms with Gasteiger partial charge in [-0.15, -0.1) is 0 Å². The summed E-state index contributed by atoms with van der Waals surface area (Å²) in [7, 11) is 0. The van der Waals surface area contributed by atoms with Crippen molar-refractivity contribution in [2.45, 2.75) is 13.8 Å². The molecule has 1 N–H and O–H groups in total. The van der Waals surface area contributed by atoms with Gasteiger partial charge in [0.1, 0.15) is 0 Å². The number of para-hydroxylation sites is 1. The maximum Gasteiger partial charge on any atom is 0.0548 e. The Morgan fingerprint density at radius 2 is 1.59 bits per heavy atom. The van der Waals surface area contributed by atoms with Crippen LogP contribution in [0.1, 0.15) is 11.1 Å². The van der Waals surface area contributed by atoms with E-state index in [1.165, 1.54) is 44.1 Å². The molecule has 3 aromatic carbocycles. The van der Waals surface area contributed by atoms with Crippen LogP contribution in [-0.4, -0.2) is 4.98 Å².